The van der Waals surface area contributed by atoms with Crippen LogP contribution in [0.1, 0.15) is 43.0 Å². The molecule has 1 aliphatic carbocycles. The molecule has 3 aromatic rings. The molecule has 0 N–H and O–H groups in total. The minimum atomic E-state index is -0.372. The number of ether oxygens (including phenoxy) is 2. The van der Waals surface area contributed by atoms with Gasteiger partial charge in [0.1, 0.15) is 11.5 Å². The minimum absolute atomic E-state index is 0.0946. The number of aryl methyl sites for hydroxylation is 4. The summed E-state index contributed by atoms with van der Waals surface area (Å²) in [5, 5.41) is 0. The molecule has 0 aromatic heterocycles. The zero-order chi connectivity index (χ0) is 21.4. The molecule has 0 spiro atoms. The van der Waals surface area contributed by atoms with Crippen LogP contribution < -0.4 is 9.47 Å². The quantitative estimate of drug-likeness (QED) is 0.568. The average molecular weight is 398 g/mol. The fourth-order valence-electron chi connectivity index (χ4n) is 3.73. The lowest BCUT2D eigenvalue weighted by Crippen LogP contribution is -2.27. The van der Waals surface area contributed by atoms with Crippen LogP contribution in [0.25, 0.3) is 0 Å². The summed E-state index contributed by atoms with van der Waals surface area (Å²) < 4.78 is 12.0. The van der Waals surface area contributed by atoms with E-state index in [4.69, 9.17) is 9.47 Å². The van der Waals surface area contributed by atoms with Crippen LogP contribution >= 0.6 is 0 Å². The summed E-state index contributed by atoms with van der Waals surface area (Å²) in [5.41, 5.74) is 4.62. The number of fused-ring (bicyclic) bond motifs is 1. The maximum absolute atomic E-state index is 13.3. The molecule has 0 amide bonds. The molecule has 0 saturated carbocycles. The van der Waals surface area contributed by atoms with Gasteiger partial charge in [-0.15, -0.1) is 0 Å². The van der Waals surface area contributed by atoms with E-state index in [1.165, 1.54) is 0 Å². The van der Waals surface area contributed by atoms with Crippen molar-refractivity contribution in [1.82, 2.24) is 0 Å². The molecule has 30 heavy (non-hydrogen) atoms. The summed E-state index contributed by atoms with van der Waals surface area (Å²) in [4.78, 5) is 26.5. The van der Waals surface area contributed by atoms with E-state index in [1.807, 2.05) is 64.1 Å². The highest BCUT2D eigenvalue weighted by Gasteiger charge is 2.36. The summed E-state index contributed by atoms with van der Waals surface area (Å²) >= 11 is 0. The second-order valence-corrected chi connectivity index (χ2v) is 7.71. The van der Waals surface area contributed by atoms with Gasteiger partial charge in [-0.05, 0) is 74.2 Å². The number of benzene rings is 3. The molecule has 0 heterocycles. The van der Waals surface area contributed by atoms with Gasteiger partial charge in [0, 0.05) is 11.1 Å². The molecule has 150 valence electrons. The summed E-state index contributed by atoms with van der Waals surface area (Å²) in [6.45, 7) is 7.79. The Bertz CT molecular complexity index is 1080. The monoisotopic (exact) mass is 398 g/mol. The molecular weight excluding hydrogens is 376 g/mol. The maximum Gasteiger partial charge on any atom is 0.233 e. The van der Waals surface area contributed by atoms with Crippen LogP contribution in [-0.2, 0) is 0 Å². The third-order valence-corrected chi connectivity index (χ3v) is 4.87. The Morgan fingerprint density at radius 1 is 0.533 bits per heavy atom. The highest BCUT2D eigenvalue weighted by atomic mass is 16.5. The van der Waals surface area contributed by atoms with Crippen molar-refractivity contribution in [3.63, 3.8) is 0 Å². The molecule has 1 aliphatic rings. The van der Waals surface area contributed by atoms with E-state index < -0.39 is 0 Å². The van der Waals surface area contributed by atoms with E-state index in [1.54, 1.807) is 24.3 Å². The number of rotatable bonds is 4. The average Bonchev–Trinajstić information content (AvgIpc) is 2.67. The van der Waals surface area contributed by atoms with Crippen molar-refractivity contribution in [1.29, 1.82) is 0 Å². The Morgan fingerprint density at radius 2 is 0.867 bits per heavy atom. The van der Waals surface area contributed by atoms with E-state index in [9.17, 15) is 9.59 Å². The molecule has 4 heteroatoms. The first-order valence-electron chi connectivity index (χ1n) is 9.77. The van der Waals surface area contributed by atoms with Crippen molar-refractivity contribution >= 4 is 11.6 Å². The second kappa shape index (κ2) is 7.64. The zero-order valence-corrected chi connectivity index (χ0v) is 17.4. The fourth-order valence-corrected chi connectivity index (χ4v) is 3.73. The molecule has 0 aliphatic heterocycles. The third kappa shape index (κ3) is 3.77. The first kappa shape index (κ1) is 19.6. The van der Waals surface area contributed by atoms with Crippen LogP contribution in [-0.4, -0.2) is 11.6 Å². The van der Waals surface area contributed by atoms with Crippen molar-refractivity contribution in [2.45, 2.75) is 27.7 Å². The van der Waals surface area contributed by atoms with Crippen LogP contribution in [0.3, 0.4) is 0 Å². The highest BCUT2D eigenvalue weighted by Crippen LogP contribution is 2.31. The molecular formula is C26H22O4. The van der Waals surface area contributed by atoms with Crippen molar-refractivity contribution in [2.75, 3.05) is 0 Å². The molecule has 0 fully saturated rings. The Balaban J connectivity index is 1.85. The van der Waals surface area contributed by atoms with Gasteiger partial charge in [-0.2, -0.15) is 0 Å². The number of ketones is 2. The van der Waals surface area contributed by atoms with Gasteiger partial charge < -0.3 is 9.47 Å². The Hall–Kier alpha value is -3.66. The lowest BCUT2D eigenvalue weighted by atomic mass is 9.92. The number of allylic oxidation sites excluding steroid dienone is 2. The molecule has 0 saturated heterocycles. The predicted octanol–water partition coefficient (Wildman–Crippen LogP) is 5.67. The van der Waals surface area contributed by atoms with Crippen LogP contribution in [0.5, 0.6) is 11.5 Å². The molecule has 0 bridgehead atoms. The normalized spacial score (nSPS) is 13.3. The Morgan fingerprint density at radius 3 is 1.20 bits per heavy atom. The molecule has 3 aromatic carbocycles. The van der Waals surface area contributed by atoms with Gasteiger partial charge >= 0.3 is 0 Å². The Kier molecular flexibility index (Phi) is 5.00. The van der Waals surface area contributed by atoms with Crippen molar-refractivity contribution in [3.05, 3.63) is 106 Å². The maximum atomic E-state index is 13.3. The summed E-state index contributed by atoms with van der Waals surface area (Å²) in [6, 6.07) is 18.1. The van der Waals surface area contributed by atoms with Gasteiger partial charge in [-0.3, -0.25) is 9.59 Å². The van der Waals surface area contributed by atoms with Gasteiger partial charge in [0.2, 0.25) is 23.1 Å². The van der Waals surface area contributed by atoms with Crippen molar-refractivity contribution < 1.29 is 19.1 Å². The van der Waals surface area contributed by atoms with E-state index in [2.05, 4.69) is 0 Å². The number of hydrogen-bond donors (Lipinski definition) is 0. The lowest BCUT2D eigenvalue weighted by Gasteiger charge is -2.21. The largest absolute Gasteiger partial charge is 0.449 e. The highest BCUT2D eigenvalue weighted by molar-refractivity contribution is 6.25. The molecule has 0 unspecified atom stereocenters. The SMILES string of the molecule is Cc1cc(C)cc(OC2=C(Oc3cc(C)cc(C)c3)C(=O)c3ccccc3C2=O)c1. The van der Waals surface area contributed by atoms with Gasteiger partial charge in [0.15, 0.2) is 0 Å². The van der Waals surface area contributed by atoms with Gasteiger partial charge in [0.25, 0.3) is 0 Å². The summed E-state index contributed by atoms with van der Waals surface area (Å²) in [6.07, 6.45) is 0. The fraction of sp³-hybridized carbons (Fsp3) is 0.154. The first-order chi connectivity index (χ1) is 14.3. The van der Waals surface area contributed by atoms with Crippen LogP contribution in [0.15, 0.2) is 72.2 Å². The molecule has 0 atom stereocenters. The second-order valence-electron chi connectivity index (χ2n) is 7.71. The van der Waals surface area contributed by atoms with Crippen LogP contribution in [0.2, 0.25) is 0 Å². The van der Waals surface area contributed by atoms with Gasteiger partial charge in [-0.1, -0.05) is 36.4 Å². The van der Waals surface area contributed by atoms with Crippen LogP contribution in [0.4, 0.5) is 0 Å². The minimum Gasteiger partial charge on any atom is -0.449 e. The summed E-state index contributed by atoms with van der Waals surface area (Å²) in [7, 11) is 0. The van der Waals surface area contributed by atoms with E-state index >= 15 is 0 Å². The van der Waals surface area contributed by atoms with Crippen molar-refractivity contribution in [2.24, 2.45) is 0 Å². The predicted molar refractivity (Wildman–Crippen MR) is 115 cm³/mol. The van der Waals surface area contributed by atoms with Gasteiger partial charge in [0.05, 0.1) is 0 Å². The number of carbonyl (C=O) groups is 2. The molecule has 4 rings (SSSR count). The number of carbonyl (C=O) groups excluding carboxylic acids is 2. The standard InChI is InChI=1S/C26H22O4/c1-15-9-16(2)12-19(11-15)29-25-23(27)21-7-5-6-8-22(21)24(28)26(25)30-20-13-17(3)10-18(4)14-20/h5-14H,1-4H3. The number of Topliss-reactive ketones (excluding diaryl/α,β-unsaturated/α-hetero) is 2. The molecule has 0 radical (unpaired) electrons. The van der Waals surface area contributed by atoms with E-state index in [0.717, 1.165) is 22.3 Å². The lowest BCUT2D eigenvalue weighted by molar-refractivity contribution is 0.0897. The van der Waals surface area contributed by atoms with E-state index in [-0.39, 0.29) is 23.1 Å². The van der Waals surface area contributed by atoms with Crippen LogP contribution in [0, 0.1) is 27.7 Å². The van der Waals surface area contributed by atoms with Crippen molar-refractivity contribution in [3.8, 4) is 11.5 Å². The van der Waals surface area contributed by atoms with Gasteiger partial charge in [-0.25, -0.2) is 0 Å². The topological polar surface area (TPSA) is 52.6 Å². The third-order valence-electron chi connectivity index (χ3n) is 4.87. The Labute approximate surface area is 175 Å². The summed E-state index contributed by atoms with van der Waals surface area (Å²) in [5.74, 6) is 0.0484. The smallest absolute Gasteiger partial charge is 0.233 e. The zero-order valence-electron chi connectivity index (χ0n) is 17.4. The number of hydrogen-bond acceptors (Lipinski definition) is 4. The first-order valence-corrected chi connectivity index (χ1v) is 9.77. The molecule has 4 nitrogen and oxygen atoms in total. The van der Waals surface area contributed by atoms with E-state index in [0.29, 0.717) is 22.6 Å².